The van der Waals surface area contributed by atoms with Crippen LogP contribution in [0.4, 0.5) is 0 Å². The van der Waals surface area contributed by atoms with E-state index in [1.54, 1.807) is 0 Å². The lowest BCUT2D eigenvalue weighted by molar-refractivity contribution is 0.0990. The third-order valence-electron chi connectivity index (χ3n) is 3.91. The van der Waals surface area contributed by atoms with E-state index in [1.807, 2.05) is 0 Å². The van der Waals surface area contributed by atoms with Crippen molar-refractivity contribution >= 4 is 11.6 Å². The molecule has 0 radical (unpaired) electrons. The van der Waals surface area contributed by atoms with Crippen LogP contribution < -0.4 is 0 Å². The SMILES string of the molecule is CCCc1nnc(Cl)n1CC1(CC)CCC1. The molecule has 90 valence electrons. The van der Waals surface area contributed by atoms with Gasteiger partial charge in [-0.1, -0.05) is 20.3 Å². The Hall–Kier alpha value is -0.570. The summed E-state index contributed by atoms with van der Waals surface area (Å²) in [4.78, 5) is 0. The maximum absolute atomic E-state index is 6.11. The van der Waals surface area contributed by atoms with E-state index in [4.69, 9.17) is 11.6 Å². The second-order valence-corrected chi connectivity index (χ2v) is 5.27. The number of aryl methyl sites for hydroxylation is 1. The zero-order valence-corrected chi connectivity index (χ0v) is 10.9. The van der Waals surface area contributed by atoms with Crippen molar-refractivity contribution in [3.05, 3.63) is 11.1 Å². The Morgan fingerprint density at radius 2 is 2.06 bits per heavy atom. The van der Waals surface area contributed by atoms with Crippen molar-refractivity contribution in [2.24, 2.45) is 5.41 Å². The van der Waals surface area contributed by atoms with Gasteiger partial charge in [-0.05, 0) is 42.7 Å². The largest absolute Gasteiger partial charge is 0.301 e. The first-order valence-corrected chi connectivity index (χ1v) is 6.66. The van der Waals surface area contributed by atoms with Crippen LogP contribution in [0.1, 0.15) is 51.8 Å². The molecule has 1 aliphatic carbocycles. The van der Waals surface area contributed by atoms with Crippen molar-refractivity contribution in [3.63, 3.8) is 0 Å². The minimum atomic E-state index is 0.467. The summed E-state index contributed by atoms with van der Waals surface area (Å²) in [6.07, 6.45) is 7.30. The van der Waals surface area contributed by atoms with E-state index >= 15 is 0 Å². The van der Waals surface area contributed by atoms with Gasteiger partial charge >= 0.3 is 0 Å². The molecule has 1 saturated carbocycles. The van der Waals surface area contributed by atoms with Gasteiger partial charge in [0.25, 0.3) is 0 Å². The maximum Gasteiger partial charge on any atom is 0.225 e. The molecule has 16 heavy (non-hydrogen) atoms. The van der Waals surface area contributed by atoms with Crippen LogP contribution in [0.3, 0.4) is 0 Å². The van der Waals surface area contributed by atoms with E-state index in [0.29, 0.717) is 10.7 Å². The highest BCUT2D eigenvalue weighted by atomic mass is 35.5. The fourth-order valence-corrected chi connectivity index (χ4v) is 2.71. The van der Waals surface area contributed by atoms with Gasteiger partial charge in [0.15, 0.2) is 0 Å². The highest BCUT2D eigenvalue weighted by Crippen LogP contribution is 2.45. The molecule has 0 N–H and O–H groups in total. The van der Waals surface area contributed by atoms with Crippen LogP contribution in [0.25, 0.3) is 0 Å². The topological polar surface area (TPSA) is 30.7 Å². The lowest BCUT2D eigenvalue weighted by Crippen LogP contribution is -2.34. The molecule has 2 rings (SSSR count). The molecule has 0 amide bonds. The first-order chi connectivity index (χ1) is 7.71. The van der Waals surface area contributed by atoms with Crippen LogP contribution in [-0.2, 0) is 13.0 Å². The van der Waals surface area contributed by atoms with E-state index in [-0.39, 0.29) is 0 Å². The fraction of sp³-hybridized carbons (Fsp3) is 0.833. The van der Waals surface area contributed by atoms with Crippen molar-refractivity contribution in [1.29, 1.82) is 0 Å². The van der Waals surface area contributed by atoms with Crippen molar-refractivity contribution < 1.29 is 0 Å². The minimum Gasteiger partial charge on any atom is -0.301 e. The van der Waals surface area contributed by atoms with Crippen LogP contribution in [0.5, 0.6) is 0 Å². The summed E-state index contributed by atoms with van der Waals surface area (Å²) in [5, 5.41) is 8.71. The number of aromatic nitrogens is 3. The number of nitrogens with zero attached hydrogens (tertiary/aromatic N) is 3. The van der Waals surface area contributed by atoms with E-state index in [2.05, 4.69) is 28.6 Å². The number of halogens is 1. The molecule has 0 aliphatic heterocycles. The van der Waals surface area contributed by atoms with Gasteiger partial charge in [0.2, 0.25) is 5.28 Å². The zero-order valence-electron chi connectivity index (χ0n) is 10.2. The summed E-state index contributed by atoms with van der Waals surface area (Å²) in [5.41, 5.74) is 0.467. The average Bonchev–Trinajstić information content (AvgIpc) is 2.55. The molecule has 0 spiro atoms. The molecule has 0 atom stereocenters. The Bertz CT molecular complexity index is 350. The van der Waals surface area contributed by atoms with Gasteiger partial charge in [-0.2, -0.15) is 0 Å². The lowest BCUT2D eigenvalue weighted by atomic mass is 9.67. The van der Waals surface area contributed by atoms with E-state index in [9.17, 15) is 0 Å². The first kappa shape index (κ1) is 11.9. The van der Waals surface area contributed by atoms with Gasteiger partial charge in [-0.3, -0.25) is 0 Å². The van der Waals surface area contributed by atoms with Crippen molar-refractivity contribution in [3.8, 4) is 0 Å². The van der Waals surface area contributed by atoms with Crippen LogP contribution in [-0.4, -0.2) is 14.8 Å². The predicted molar refractivity (Wildman–Crippen MR) is 65.6 cm³/mol. The predicted octanol–water partition coefficient (Wildman–Crippen LogP) is 3.46. The fourth-order valence-electron chi connectivity index (χ4n) is 2.51. The molecule has 3 nitrogen and oxygen atoms in total. The highest BCUT2D eigenvalue weighted by molar-refractivity contribution is 6.28. The summed E-state index contributed by atoms with van der Waals surface area (Å²) < 4.78 is 2.12. The van der Waals surface area contributed by atoms with Crippen LogP contribution in [0.2, 0.25) is 5.28 Å². The Kier molecular flexibility index (Phi) is 3.53. The Morgan fingerprint density at radius 1 is 1.31 bits per heavy atom. The van der Waals surface area contributed by atoms with Gasteiger partial charge in [-0.15, -0.1) is 10.2 Å². The Morgan fingerprint density at radius 3 is 2.56 bits per heavy atom. The van der Waals surface area contributed by atoms with E-state index in [1.165, 1.54) is 25.7 Å². The Balaban J connectivity index is 2.16. The number of hydrogen-bond acceptors (Lipinski definition) is 2. The minimum absolute atomic E-state index is 0.467. The molecule has 1 aliphatic rings. The molecule has 1 heterocycles. The molecule has 0 aromatic carbocycles. The second-order valence-electron chi connectivity index (χ2n) is 4.93. The summed E-state index contributed by atoms with van der Waals surface area (Å²) in [6, 6.07) is 0. The van der Waals surface area contributed by atoms with Crippen molar-refractivity contribution in [2.45, 2.75) is 58.9 Å². The molecule has 0 bridgehead atoms. The first-order valence-electron chi connectivity index (χ1n) is 6.28. The van der Waals surface area contributed by atoms with Gasteiger partial charge in [0.1, 0.15) is 5.82 Å². The lowest BCUT2D eigenvalue weighted by Gasteiger charge is -2.41. The van der Waals surface area contributed by atoms with Crippen molar-refractivity contribution in [1.82, 2.24) is 14.8 Å². The third-order valence-corrected chi connectivity index (χ3v) is 4.19. The quantitative estimate of drug-likeness (QED) is 0.791. The Labute approximate surface area is 102 Å². The van der Waals surface area contributed by atoms with Gasteiger partial charge in [0, 0.05) is 13.0 Å². The zero-order chi connectivity index (χ0) is 11.6. The molecule has 1 aromatic heterocycles. The maximum atomic E-state index is 6.11. The molecular formula is C12H20ClN3. The van der Waals surface area contributed by atoms with E-state index in [0.717, 1.165) is 25.2 Å². The van der Waals surface area contributed by atoms with E-state index < -0.39 is 0 Å². The van der Waals surface area contributed by atoms with Crippen LogP contribution in [0, 0.1) is 5.41 Å². The van der Waals surface area contributed by atoms with Crippen LogP contribution in [0.15, 0.2) is 0 Å². The molecule has 1 aromatic rings. The van der Waals surface area contributed by atoms with Gasteiger partial charge < -0.3 is 4.57 Å². The van der Waals surface area contributed by atoms with Gasteiger partial charge in [-0.25, -0.2) is 0 Å². The average molecular weight is 242 g/mol. The summed E-state index contributed by atoms with van der Waals surface area (Å²) in [6.45, 7) is 5.44. The normalized spacial score (nSPS) is 18.4. The monoisotopic (exact) mass is 241 g/mol. The third kappa shape index (κ3) is 2.10. The molecule has 0 saturated heterocycles. The molecular weight excluding hydrogens is 222 g/mol. The smallest absolute Gasteiger partial charge is 0.225 e. The molecule has 0 unspecified atom stereocenters. The number of hydrogen-bond donors (Lipinski definition) is 0. The molecule has 1 fully saturated rings. The van der Waals surface area contributed by atoms with Crippen molar-refractivity contribution in [2.75, 3.05) is 0 Å². The van der Waals surface area contributed by atoms with Gasteiger partial charge in [0.05, 0.1) is 0 Å². The highest BCUT2D eigenvalue weighted by Gasteiger charge is 2.36. The second kappa shape index (κ2) is 4.74. The number of rotatable bonds is 5. The standard InChI is InChI=1S/C12H20ClN3/c1-3-6-10-14-15-11(13)16(10)9-12(4-2)7-5-8-12/h3-9H2,1-2H3. The molecule has 4 heteroatoms. The summed E-state index contributed by atoms with van der Waals surface area (Å²) >= 11 is 6.11. The summed E-state index contributed by atoms with van der Waals surface area (Å²) in [5.74, 6) is 1.05. The summed E-state index contributed by atoms with van der Waals surface area (Å²) in [7, 11) is 0. The van der Waals surface area contributed by atoms with Crippen LogP contribution >= 0.6 is 11.6 Å².